The summed E-state index contributed by atoms with van der Waals surface area (Å²) < 4.78 is 10.7. The van der Waals surface area contributed by atoms with Gasteiger partial charge < -0.3 is 14.6 Å². The molecule has 0 rings (SSSR count). The molecule has 1 atom stereocenters. The Labute approximate surface area is 375 Å². The lowest BCUT2D eigenvalue weighted by Gasteiger charge is -2.15. The van der Waals surface area contributed by atoms with E-state index in [4.69, 9.17) is 9.47 Å². The molecular formula is C55H106O5. The molecule has 0 fully saturated rings. The normalized spacial score (nSPS) is 12.1. The topological polar surface area (TPSA) is 72.8 Å². The summed E-state index contributed by atoms with van der Waals surface area (Å²) in [6.07, 6.45) is 63.3. The molecule has 60 heavy (non-hydrogen) atoms. The van der Waals surface area contributed by atoms with Crippen molar-refractivity contribution < 1.29 is 24.2 Å². The van der Waals surface area contributed by atoms with Crippen LogP contribution in [-0.2, 0) is 19.1 Å². The fraction of sp³-hybridized carbons (Fsp3) is 0.927. The van der Waals surface area contributed by atoms with Gasteiger partial charge in [0.05, 0.1) is 6.61 Å². The van der Waals surface area contributed by atoms with Gasteiger partial charge in [-0.15, -0.1) is 0 Å². The van der Waals surface area contributed by atoms with Crippen LogP contribution in [0.5, 0.6) is 0 Å². The fourth-order valence-corrected chi connectivity index (χ4v) is 8.44. The molecule has 0 aromatic rings. The minimum atomic E-state index is -0.765. The van der Waals surface area contributed by atoms with Gasteiger partial charge >= 0.3 is 11.9 Å². The van der Waals surface area contributed by atoms with E-state index in [1.165, 1.54) is 250 Å². The standard InChI is InChI=1S/C55H106O5/c1-3-5-7-9-11-13-15-17-19-21-22-23-24-25-26-27-28-29-30-31-32-34-36-38-40-42-44-46-48-50-55(58)60-53(51-56)52-59-54(57)49-47-45-43-41-39-37-35-33-20-18-16-14-12-10-8-6-4-2/h21-22,53,56H,3-20,23-52H2,1-2H3/b22-21-. The van der Waals surface area contributed by atoms with Crippen LogP contribution in [0.25, 0.3) is 0 Å². The third-order valence-electron chi connectivity index (χ3n) is 12.6. The molecule has 0 saturated carbocycles. The van der Waals surface area contributed by atoms with Gasteiger partial charge in [-0.05, 0) is 38.5 Å². The lowest BCUT2D eigenvalue weighted by molar-refractivity contribution is -0.161. The number of carbonyl (C=O) groups is 2. The molecule has 0 aliphatic heterocycles. The predicted molar refractivity (Wildman–Crippen MR) is 261 cm³/mol. The molecule has 5 heteroatoms. The second kappa shape index (κ2) is 52.0. The molecular weight excluding hydrogens is 741 g/mol. The summed E-state index contributed by atoms with van der Waals surface area (Å²) in [4.78, 5) is 24.5. The highest BCUT2D eigenvalue weighted by Gasteiger charge is 2.16. The van der Waals surface area contributed by atoms with Crippen LogP contribution in [0.15, 0.2) is 12.2 Å². The van der Waals surface area contributed by atoms with Crippen molar-refractivity contribution in [2.75, 3.05) is 13.2 Å². The highest BCUT2D eigenvalue weighted by molar-refractivity contribution is 5.70. The van der Waals surface area contributed by atoms with E-state index >= 15 is 0 Å². The van der Waals surface area contributed by atoms with E-state index in [1.54, 1.807) is 0 Å². The zero-order chi connectivity index (χ0) is 43.5. The lowest BCUT2D eigenvalue weighted by Crippen LogP contribution is -2.28. The average Bonchev–Trinajstić information content (AvgIpc) is 3.25. The molecule has 0 amide bonds. The number of allylic oxidation sites excluding steroid dienone is 2. The molecule has 0 heterocycles. The summed E-state index contributed by atoms with van der Waals surface area (Å²) in [6.45, 7) is 4.19. The zero-order valence-corrected chi connectivity index (χ0v) is 40.8. The van der Waals surface area contributed by atoms with Crippen LogP contribution in [0.3, 0.4) is 0 Å². The summed E-state index contributed by atoms with van der Waals surface area (Å²) >= 11 is 0. The monoisotopic (exact) mass is 847 g/mol. The molecule has 356 valence electrons. The quantitative estimate of drug-likeness (QED) is 0.0375. The summed E-state index contributed by atoms with van der Waals surface area (Å²) in [5.74, 6) is -0.569. The van der Waals surface area contributed by atoms with Crippen LogP contribution >= 0.6 is 0 Å². The van der Waals surface area contributed by atoms with Crippen LogP contribution in [0.4, 0.5) is 0 Å². The number of hydrogen-bond acceptors (Lipinski definition) is 5. The first-order chi connectivity index (χ1) is 29.6. The second-order valence-electron chi connectivity index (χ2n) is 18.7. The number of carbonyl (C=O) groups excluding carboxylic acids is 2. The van der Waals surface area contributed by atoms with Crippen LogP contribution in [0.2, 0.25) is 0 Å². The number of rotatable bonds is 51. The minimum absolute atomic E-state index is 0.0576. The Hall–Kier alpha value is -1.36. The average molecular weight is 847 g/mol. The summed E-state index contributed by atoms with van der Waals surface area (Å²) in [7, 11) is 0. The van der Waals surface area contributed by atoms with Gasteiger partial charge in [-0.1, -0.05) is 270 Å². The van der Waals surface area contributed by atoms with E-state index in [0.29, 0.717) is 12.8 Å². The fourth-order valence-electron chi connectivity index (χ4n) is 8.44. The molecule has 0 radical (unpaired) electrons. The van der Waals surface area contributed by atoms with Gasteiger partial charge in [-0.25, -0.2) is 0 Å². The van der Waals surface area contributed by atoms with E-state index in [9.17, 15) is 14.7 Å². The van der Waals surface area contributed by atoms with Gasteiger partial charge in [-0.2, -0.15) is 0 Å². The first-order valence-electron chi connectivity index (χ1n) is 27.2. The molecule has 0 saturated heterocycles. The van der Waals surface area contributed by atoms with Crippen molar-refractivity contribution in [1.82, 2.24) is 0 Å². The summed E-state index contributed by atoms with van der Waals surface area (Å²) in [6, 6.07) is 0. The number of hydrogen-bond donors (Lipinski definition) is 1. The van der Waals surface area contributed by atoms with E-state index < -0.39 is 6.10 Å². The second-order valence-corrected chi connectivity index (χ2v) is 18.7. The molecule has 0 bridgehead atoms. The first kappa shape index (κ1) is 58.6. The maximum atomic E-state index is 12.3. The number of esters is 2. The number of aliphatic hydroxyl groups is 1. The lowest BCUT2D eigenvalue weighted by atomic mass is 10.0. The Kier molecular flexibility index (Phi) is 50.8. The van der Waals surface area contributed by atoms with Crippen molar-refractivity contribution in [3.63, 3.8) is 0 Å². The Morgan fingerprint density at radius 3 is 0.900 bits per heavy atom. The minimum Gasteiger partial charge on any atom is -0.462 e. The van der Waals surface area contributed by atoms with Crippen molar-refractivity contribution in [1.29, 1.82) is 0 Å². The van der Waals surface area contributed by atoms with Crippen LogP contribution in [-0.4, -0.2) is 36.4 Å². The predicted octanol–water partition coefficient (Wildman–Crippen LogP) is 18.0. The highest BCUT2D eigenvalue weighted by atomic mass is 16.6. The smallest absolute Gasteiger partial charge is 0.306 e. The van der Waals surface area contributed by atoms with Gasteiger partial charge in [0.1, 0.15) is 6.61 Å². The van der Waals surface area contributed by atoms with Gasteiger partial charge in [0.25, 0.3) is 0 Å². The molecule has 0 aliphatic rings. The van der Waals surface area contributed by atoms with Gasteiger partial charge in [-0.3, -0.25) is 9.59 Å². The molecule has 0 aliphatic carbocycles. The number of aliphatic hydroxyl groups excluding tert-OH is 1. The molecule has 0 aromatic carbocycles. The van der Waals surface area contributed by atoms with Gasteiger partial charge in [0.15, 0.2) is 6.10 Å². The molecule has 5 nitrogen and oxygen atoms in total. The third kappa shape index (κ3) is 49.3. The Balaban J connectivity index is 3.41. The van der Waals surface area contributed by atoms with E-state index in [2.05, 4.69) is 26.0 Å². The maximum absolute atomic E-state index is 12.3. The van der Waals surface area contributed by atoms with Gasteiger partial charge in [0.2, 0.25) is 0 Å². The molecule has 0 spiro atoms. The highest BCUT2D eigenvalue weighted by Crippen LogP contribution is 2.17. The van der Waals surface area contributed by atoms with E-state index in [1.807, 2.05) is 0 Å². The van der Waals surface area contributed by atoms with E-state index in [0.717, 1.165) is 32.1 Å². The van der Waals surface area contributed by atoms with Crippen molar-refractivity contribution in [3.05, 3.63) is 12.2 Å². The first-order valence-corrected chi connectivity index (χ1v) is 27.2. The third-order valence-corrected chi connectivity index (χ3v) is 12.6. The number of ether oxygens (including phenoxy) is 2. The molecule has 0 aromatic heterocycles. The van der Waals surface area contributed by atoms with Crippen LogP contribution in [0.1, 0.15) is 309 Å². The Morgan fingerprint density at radius 1 is 0.367 bits per heavy atom. The van der Waals surface area contributed by atoms with Crippen molar-refractivity contribution in [2.24, 2.45) is 0 Å². The number of unbranched alkanes of at least 4 members (excludes halogenated alkanes) is 41. The summed E-state index contributed by atoms with van der Waals surface area (Å²) in [5, 5.41) is 9.63. The Bertz CT molecular complexity index is 871. The van der Waals surface area contributed by atoms with Gasteiger partial charge in [0, 0.05) is 12.8 Å². The van der Waals surface area contributed by atoms with Crippen LogP contribution < -0.4 is 0 Å². The van der Waals surface area contributed by atoms with Crippen LogP contribution in [0, 0.1) is 0 Å². The molecule has 1 unspecified atom stereocenters. The summed E-state index contributed by atoms with van der Waals surface area (Å²) in [5.41, 5.74) is 0. The molecule has 1 N–H and O–H groups in total. The van der Waals surface area contributed by atoms with Crippen molar-refractivity contribution >= 4 is 11.9 Å². The van der Waals surface area contributed by atoms with E-state index in [-0.39, 0.29) is 25.2 Å². The van der Waals surface area contributed by atoms with Crippen molar-refractivity contribution in [3.8, 4) is 0 Å². The largest absolute Gasteiger partial charge is 0.462 e. The van der Waals surface area contributed by atoms with Crippen molar-refractivity contribution in [2.45, 2.75) is 315 Å². The zero-order valence-electron chi connectivity index (χ0n) is 40.8. The Morgan fingerprint density at radius 2 is 0.617 bits per heavy atom. The SMILES string of the molecule is CCCCCCCCCC/C=C\CCCCCCCCCCCCCCCCCCCC(=O)OC(CO)COC(=O)CCCCCCCCCCCCCCCCCCC. The maximum Gasteiger partial charge on any atom is 0.306 e.